The molecule has 1 aromatic carbocycles. The van der Waals surface area contributed by atoms with Crippen LogP contribution < -0.4 is 20.7 Å². The van der Waals surface area contributed by atoms with Crippen molar-refractivity contribution in [2.24, 2.45) is 5.84 Å². The molecule has 0 bridgehead atoms. The Morgan fingerprint density at radius 1 is 1.30 bits per heavy atom. The summed E-state index contributed by atoms with van der Waals surface area (Å²) in [5.74, 6) is 7.28. The number of hydrogen-bond donors (Lipinski definition) is 2. The maximum Gasteiger partial charge on any atom is 0.161 e. The summed E-state index contributed by atoms with van der Waals surface area (Å²) in [6, 6.07) is 5.85. The maximum atomic E-state index is 5.72. The van der Waals surface area contributed by atoms with Gasteiger partial charge in [-0.1, -0.05) is 6.07 Å². The second-order valence-electron chi connectivity index (χ2n) is 4.64. The number of fused-ring (bicyclic) bond motifs is 1. The first-order chi connectivity index (χ1) is 9.78. The Hall–Kier alpha value is -1.63. The molecule has 106 valence electrons. The molecular formula is C14H17N3O2S. The lowest BCUT2D eigenvalue weighted by Gasteiger charge is -2.16. The molecule has 0 saturated heterocycles. The van der Waals surface area contributed by atoms with Crippen LogP contribution in [0.3, 0.4) is 0 Å². The summed E-state index contributed by atoms with van der Waals surface area (Å²) in [5, 5.41) is 1.02. The molecule has 0 radical (unpaired) electrons. The van der Waals surface area contributed by atoms with Crippen LogP contribution in [0.2, 0.25) is 0 Å². The second-order valence-corrected chi connectivity index (χ2v) is 5.90. The SMILES string of the molecule is Cc1ncc(C(NN)c2ccc3c(c2)OCCCO3)s1. The number of hydrazine groups is 1. The van der Waals surface area contributed by atoms with Crippen molar-refractivity contribution in [1.82, 2.24) is 10.4 Å². The van der Waals surface area contributed by atoms with Crippen LogP contribution in [0.25, 0.3) is 0 Å². The van der Waals surface area contributed by atoms with Gasteiger partial charge in [-0.2, -0.15) is 0 Å². The predicted molar refractivity (Wildman–Crippen MR) is 78.1 cm³/mol. The van der Waals surface area contributed by atoms with E-state index in [0.29, 0.717) is 13.2 Å². The smallest absolute Gasteiger partial charge is 0.161 e. The van der Waals surface area contributed by atoms with Crippen molar-refractivity contribution in [3.63, 3.8) is 0 Å². The van der Waals surface area contributed by atoms with Crippen molar-refractivity contribution in [1.29, 1.82) is 0 Å². The monoisotopic (exact) mass is 291 g/mol. The fourth-order valence-electron chi connectivity index (χ4n) is 2.21. The van der Waals surface area contributed by atoms with Gasteiger partial charge in [0.25, 0.3) is 0 Å². The molecule has 6 heteroatoms. The van der Waals surface area contributed by atoms with Gasteiger partial charge in [-0.05, 0) is 24.6 Å². The van der Waals surface area contributed by atoms with Crippen LogP contribution in [-0.2, 0) is 0 Å². The van der Waals surface area contributed by atoms with Gasteiger partial charge < -0.3 is 9.47 Å². The molecule has 1 atom stereocenters. The lowest BCUT2D eigenvalue weighted by Crippen LogP contribution is -2.28. The normalized spacial score (nSPS) is 15.7. The third kappa shape index (κ3) is 2.63. The summed E-state index contributed by atoms with van der Waals surface area (Å²) in [4.78, 5) is 5.36. The van der Waals surface area contributed by atoms with E-state index in [1.54, 1.807) is 11.3 Å². The summed E-state index contributed by atoms with van der Waals surface area (Å²) >= 11 is 1.63. The first-order valence-electron chi connectivity index (χ1n) is 6.56. The fraction of sp³-hybridized carbons (Fsp3) is 0.357. The minimum atomic E-state index is -0.0849. The van der Waals surface area contributed by atoms with Gasteiger partial charge in [-0.15, -0.1) is 11.3 Å². The molecule has 2 heterocycles. The highest BCUT2D eigenvalue weighted by atomic mass is 32.1. The predicted octanol–water partition coefficient (Wildman–Crippen LogP) is 2.17. The lowest BCUT2D eigenvalue weighted by molar-refractivity contribution is 0.297. The average molecular weight is 291 g/mol. The van der Waals surface area contributed by atoms with Crippen molar-refractivity contribution < 1.29 is 9.47 Å². The molecule has 1 aliphatic heterocycles. The van der Waals surface area contributed by atoms with E-state index >= 15 is 0 Å². The number of aromatic nitrogens is 1. The van der Waals surface area contributed by atoms with Crippen LogP contribution in [0.4, 0.5) is 0 Å². The molecule has 0 fully saturated rings. The number of aryl methyl sites for hydroxylation is 1. The minimum absolute atomic E-state index is 0.0849. The Bertz CT molecular complexity index is 600. The molecule has 1 unspecified atom stereocenters. The molecule has 3 rings (SSSR count). The minimum Gasteiger partial charge on any atom is -0.490 e. The van der Waals surface area contributed by atoms with Gasteiger partial charge in [0.15, 0.2) is 11.5 Å². The van der Waals surface area contributed by atoms with E-state index in [1.165, 1.54) is 0 Å². The number of nitrogens with one attached hydrogen (secondary N) is 1. The van der Waals surface area contributed by atoms with E-state index in [-0.39, 0.29) is 6.04 Å². The average Bonchev–Trinajstić information content (AvgIpc) is 2.75. The van der Waals surface area contributed by atoms with Gasteiger partial charge in [-0.25, -0.2) is 10.4 Å². The van der Waals surface area contributed by atoms with Crippen molar-refractivity contribution >= 4 is 11.3 Å². The van der Waals surface area contributed by atoms with E-state index in [1.807, 2.05) is 31.3 Å². The quantitative estimate of drug-likeness (QED) is 0.670. The first-order valence-corrected chi connectivity index (χ1v) is 7.37. The maximum absolute atomic E-state index is 5.72. The van der Waals surface area contributed by atoms with Crippen LogP contribution in [0.15, 0.2) is 24.4 Å². The molecule has 0 spiro atoms. The zero-order valence-electron chi connectivity index (χ0n) is 11.3. The van der Waals surface area contributed by atoms with E-state index in [0.717, 1.165) is 33.4 Å². The molecule has 2 aromatic rings. The Balaban J connectivity index is 1.94. The molecular weight excluding hydrogens is 274 g/mol. The molecule has 5 nitrogen and oxygen atoms in total. The van der Waals surface area contributed by atoms with Gasteiger partial charge in [0, 0.05) is 17.5 Å². The number of nitrogens with two attached hydrogens (primary N) is 1. The van der Waals surface area contributed by atoms with Crippen molar-refractivity contribution in [3.05, 3.63) is 39.8 Å². The number of nitrogens with zero attached hydrogens (tertiary/aromatic N) is 1. The fourth-order valence-corrected chi connectivity index (χ4v) is 3.09. The van der Waals surface area contributed by atoms with Crippen LogP contribution >= 0.6 is 11.3 Å². The van der Waals surface area contributed by atoms with Gasteiger partial charge >= 0.3 is 0 Å². The standard InChI is InChI=1S/C14H17N3O2S/c1-9-16-8-13(20-9)14(17-15)10-3-4-11-12(7-10)19-6-2-5-18-11/h3-4,7-8,14,17H,2,5-6,15H2,1H3. The summed E-state index contributed by atoms with van der Waals surface area (Å²) in [7, 11) is 0. The van der Waals surface area contributed by atoms with E-state index in [9.17, 15) is 0 Å². The van der Waals surface area contributed by atoms with Gasteiger partial charge in [0.1, 0.15) is 0 Å². The highest BCUT2D eigenvalue weighted by Gasteiger charge is 2.18. The second kappa shape index (κ2) is 5.78. The third-order valence-corrected chi connectivity index (χ3v) is 4.17. The van der Waals surface area contributed by atoms with Crippen LogP contribution in [0, 0.1) is 6.92 Å². The number of benzene rings is 1. The largest absolute Gasteiger partial charge is 0.490 e. The number of hydrogen-bond acceptors (Lipinski definition) is 6. The van der Waals surface area contributed by atoms with Gasteiger partial charge in [0.2, 0.25) is 0 Å². The first kappa shape index (κ1) is 13.4. The van der Waals surface area contributed by atoms with Crippen molar-refractivity contribution in [3.8, 4) is 11.5 Å². The summed E-state index contributed by atoms with van der Waals surface area (Å²) < 4.78 is 11.4. The molecule has 0 aliphatic carbocycles. The zero-order chi connectivity index (χ0) is 13.9. The topological polar surface area (TPSA) is 69.4 Å². The Morgan fingerprint density at radius 3 is 2.80 bits per heavy atom. The Kier molecular flexibility index (Phi) is 3.86. The molecule has 0 amide bonds. The Morgan fingerprint density at radius 2 is 2.10 bits per heavy atom. The van der Waals surface area contributed by atoms with Crippen LogP contribution in [0.5, 0.6) is 11.5 Å². The van der Waals surface area contributed by atoms with Gasteiger partial charge in [-0.3, -0.25) is 5.84 Å². The van der Waals surface area contributed by atoms with Crippen molar-refractivity contribution in [2.75, 3.05) is 13.2 Å². The summed E-state index contributed by atoms with van der Waals surface area (Å²) in [5.41, 5.74) is 3.89. The molecule has 1 aromatic heterocycles. The molecule has 1 aliphatic rings. The number of rotatable bonds is 3. The summed E-state index contributed by atoms with van der Waals surface area (Å²) in [6.07, 6.45) is 2.75. The third-order valence-electron chi connectivity index (χ3n) is 3.20. The number of thiazole rings is 1. The van der Waals surface area contributed by atoms with Crippen LogP contribution in [-0.4, -0.2) is 18.2 Å². The van der Waals surface area contributed by atoms with E-state index in [4.69, 9.17) is 15.3 Å². The summed E-state index contributed by atoms with van der Waals surface area (Å²) in [6.45, 7) is 3.35. The lowest BCUT2D eigenvalue weighted by atomic mass is 10.1. The van der Waals surface area contributed by atoms with E-state index in [2.05, 4.69) is 10.4 Å². The molecule has 0 saturated carbocycles. The van der Waals surface area contributed by atoms with Crippen molar-refractivity contribution in [2.45, 2.75) is 19.4 Å². The van der Waals surface area contributed by atoms with Crippen LogP contribution in [0.1, 0.15) is 27.9 Å². The van der Waals surface area contributed by atoms with Gasteiger partial charge in [0.05, 0.1) is 24.3 Å². The number of ether oxygens (including phenoxy) is 2. The zero-order valence-corrected chi connectivity index (χ0v) is 12.1. The Labute approximate surface area is 121 Å². The molecule has 20 heavy (non-hydrogen) atoms. The highest BCUT2D eigenvalue weighted by Crippen LogP contribution is 2.34. The van der Waals surface area contributed by atoms with E-state index < -0.39 is 0 Å². The highest BCUT2D eigenvalue weighted by molar-refractivity contribution is 7.11. The molecule has 3 N–H and O–H groups in total.